The second-order valence-corrected chi connectivity index (χ2v) is 7.85. The fourth-order valence-electron chi connectivity index (χ4n) is 3.47. The summed E-state index contributed by atoms with van der Waals surface area (Å²) >= 11 is 0. The van der Waals surface area contributed by atoms with Crippen molar-refractivity contribution in [2.24, 2.45) is 0 Å². The van der Waals surface area contributed by atoms with E-state index in [0.717, 1.165) is 35.4 Å². The summed E-state index contributed by atoms with van der Waals surface area (Å²) in [6.45, 7) is 3.63. The number of aryl methyl sites for hydroxylation is 2. The van der Waals surface area contributed by atoms with Crippen molar-refractivity contribution in [3.05, 3.63) is 83.9 Å². The van der Waals surface area contributed by atoms with Gasteiger partial charge in [0.15, 0.2) is 6.61 Å². The molecule has 0 unspecified atom stereocenters. The standard InChI is InChI=1S/C28H30N2O5/c1-3-20-9-8-10-21(4-2)28(20)30-26(32)19-34-27(33)18-17-25(31)29-22-13-15-24(16-14-22)35-23-11-6-5-7-12-23/h5-16H,3-4,17-19H2,1-2H3,(H,29,31)(H,30,32). The lowest BCUT2D eigenvalue weighted by Gasteiger charge is -2.14. The third-order valence-electron chi connectivity index (χ3n) is 5.30. The number of nitrogens with one attached hydrogen (secondary N) is 2. The summed E-state index contributed by atoms with van der Waals surface area (Å²) in [6, 6.07) is 22.2. The van der Waals surface area contributed by atoms with Crippen LogP contribution in [0, 0.1) is 0 Å². The van der Waals surface area contributed by atoms with Gasteiger partial charge in [0.25, 0.3) is 5.91 Å². The zero-order chi connectivity index (χ0) is 25.0. The van der Waals surface area contributed by atoms with Crippen LogP contribution < -0.4 is 15.4 Å². The van der Waals surface area contributed by atoms with Crippen molar-refractivity contribution in [1.29, 1.82) is 0 Å². The number of para-hydroxylation sites is 2. The molecule has 7 nitrogen and oxygen atoms in total. The molecule has 182 valence electrons. The average molecular weight is 475 g/mol. The van der Waals surface area contributed by atoms with Crippen molar-refractivity contribution >= 4 is 29.2 Å². The molecule has 0 saturated heterocycles. The lowest BCUT2D eigenvalue weighted by Crippen LogP contribution is -2.23. The van der Waals surface area contributed by atoms with Crippen LogP contribution in [0.4, 0.5) is 11.4 Å². The average Bonchev–Trinajstić information content (AvgIpc) is 2.88. The summed E-state index contributed by atoms with van der Waals surface area (Å²) in [7, 11) is 0. The summed E-state index contributed by atoms with van der Waals surface area (Å²) in [5, 5.41) is 5.58. The summed E-state index contributed by atoms with van der Waals surface area (Å²) in [5.74, 6) is 0.0192. The number of carbonyl (C=O) groups excluding carboxylic acids is 3. The van der Waals surface area contributed by atoms with E-state index in [0.29, 0.717) is 11.4 Å². The van der Waals surface area contributed by atoms with Crippen molar-refractivity contribution in [3.8, 4) is 11.5 Å². The summed E-state index contributed by atoms with van der Waals surface area (Å²) in [5.41, 5.74) is 3.42. The normalized spacial score (nSPS) is 10.3. The van der Waals surface area contributed by atoms with Gasteiger partial charge < -0.3 is 20.1 Å². The molecule has 3 aromatic carbocycles. The Morgan fingerprint density at radius 2 is 1.31 bits per heavy atom. The van der Waals surface area contributed by atoms with Gasteiger partial charge in [-0.05, 0) is 60.4 Å². The van der Waals surface area contributed by atoms with Crippen molar-refractivity contribution in [3.63, 3.8) is 0 Å². The van der Waals surface area contributed by atoms with Crippen LogP contribution in [0.5, 0.6) is 11.5 Å². The van der Waals surface area contributed by atoms with E-state index in [-0.39, 0.29) is 18.7 Å². The first-order chi connectivity index (χ1) is 17.0. The zero-order valence-corrected chi connectivity index (χ0v) is 20.0. The Labute approximate surface area is 205 Å². The van der Waals surface area contributed by atoms with E-state index in [4.69, 9.17) is 9.47 Å². The highest BCUT2D eigenvalue weighted by atomic mass is 16.5. The molecule has 0 fully saturated rings. The molecule has 0 saturated carbocycles. The molecule has 3 rings (SSSR count). The summed E-state index contributed by atoms with van der Waals surface area (Å²) in [6.07, 6.45) is 1.38. The molecule has 2 N–H and O–H groups in total. The minimum Gasteiger partial charge on any atom is -0.457 e. The molecule has 35 heavy (non-hydrogen) atoms. The molecule has 0 aliphatic heterocycles. The zero-order valence-electron chi connectivity index (χ0n) is 20.0. The molecule has 0 radical (unpaired) electrons. The van der Waals surface area contributed by atoms with Gasteiger partial charge in [0, 0.05) is 17.8 Å². The summed E-state index contributed by atoms with van der Waals surface area (Å²) < 4.78 is 10.8. The number of amides is 2. The number of esters is 1. The number of benzene rings is 3. The SMILES string of the molecule is CCc1cccc(CC)c1NC(=O)COC(=O)CCC(=O)Nc1ccc(Oc2ccccc2)cc1. The van der Waals surface area contributed by atoms with E-state index in [1.807, 2.05) is 62.4 Å². The van der Waals surface area contributed by atoms with E-state index >= 15 is 0 Å². The third kappa shape index (κ3) is 7.99. The van der Waals surface area contributed by atoms with Gasteiger partial charge in [-0.1, -0.05) is 50.2 Å². The topological polar surface area (TPSA) is 93.7 Å². The monoisotopic (exact) mass is 474 g/mol. The molecule has 0 aliphatic carbocycles. The molecular formula is C28H30N2O5. The smallest absolute Gasteiger partial charge is 0.306 e. The molecule has 0 spiro atoms. The highest BCUT2D eigenvalue weighted by Gasteiger charge is 2.13. The lowest BCUT2D eigenvalue weighted by molar-refractivity contribution is -0.147. The molecule has 0 atom stereocenters. The molecule has 0 bridgehead atoms. The van der Waals surface area contributed by atoms with E-state index in [2.05, 4.69) is 10.6 Å². The highest BCUT2D eigenvalue weighted by Crippen LogP contribution is 2.23. The molecular weight excluding hydrogens is 444 g/mol. The van der Waals surface area contributed by atoms with E-state index in [1.54, 1.807) is 24.3 Å². The predicted molar refractivity (Wildman–Crippen MR) is 136 cm³/mol. The Morgan fingerprint density at radius 1 is 0.686 bits per heavy atom. The fraction of sp³-hybridized carbons (Fsp3) is 0.250. The maximum Gasteiger partial charge on any atom is 0.306 e. The number of rotatable bonds is 11. The van der Waals surface area contributed by atoms with Crippen LogP contribution in [-0.4, -0.2) is 24.4 Å². The first-order valence-corrected chi connectivity index (χ1v) is 11.7. The van der Waals surface area contributed by atoms with Gasteiger partial charge in [-0.3, -0.25) is 14.4 Å². The highest BCUT2D eigenvalue weighted by molar-refractivity contribution is 5.95. The van der Waals surface area contributed by atoms with E-state index in [9.17, 15) is 14.4 Å². The van der Waals surface area contributed by atoms with E-state index < -0.39 is 18.5 Å². The number of anilines is 2. The second-order valence-electron chi connectivity index (χ2n) is 7.85. The molecule has 7 heteroatoms. The van der Waals surface area contributed by atoms with Gasteiger partial charge in [-0.15, -0.1) is 0 Å². The molecule has 2 amide bonds. The number of hydrogen-bond acceptors (Lipinski definition) is 5. The summed E-state index contributed by atoms with van der Waals surface area (Å²) in [4.78, 5) is 36.5. The van der Waals surface area contributed by atoms with Crippen LogP contribution in [0.25, 0.3) is 0 Å². The number of hydrogen-bond donors (Lipinski definition) is 2. The molecule has 0 aromatic heterocycles. The van der Waals surface area contributed by atoms with Gasteiger partial charge in [-0.25, -0.2) is 0 Å². The van der Waals surface area contributed by atoms with Gasteiger partial charge in [0.1, 0.15) is 11.5 Å². The molecule has 0 heterocycles. The van der Waals surface area contributed by atoms with Crippen molar-refractivity contribution in [2.75, 3.05) is 17.2 Å². The predicted octanol–water partition coefficient (Wildman–Crippen LogP) is 5.50. The van der Waals surface area contributed by atoms with Crippen molar-refractivity contribution in [2.45, 2.75) is 39.5 Å². The Morgan fingerprint density at radius 3 is 1.94 bits per heavy atom. The Balaban J connectivity index is 1.40. The van der Waals surface area contributed by atoms with Crippen LogP contribution in [0.15, 0.2) is 72.8 Å². The second kappa shape index (κ2) is 12.9. The lowest BCUT2D eigenvalue weighted by atomic mass is 10.0. The van der Waals surface area contributed by atoms with Crippen LogP contribution in [-0.2, 0) is 32.0 Å². The molecule has 3 aromatic rings. The van der Waals surface area contributed by atoms with Crippen molar-refractivity contribution in [1.82, 2.24) is 0 Å². The van der Waals surface area contributed by atoms with Gasteiger partial charge in [-0.2, -0.15) is 0 Å². The van der Waals surface area contributed by atoms with Crippen molar-refractivity contribution < 1.29 is 23.9 Å². The first kappa shape index (κ1) is 25.5. The van der Waals surface area contributed by atoms with Crippen LogP contribution >= 0.6 is 0 Å². The van der Waals surface area contributed by atoms with Crippen LogP contribution in [0.1, 0.15) is 37.8 Å². The van der Waals surface area contributed by atoms with Crippen LogP contribution in [0.3, 0.4) is 0 Å². The number of carbonyl (C=O) groups is 3. The van der Waals surface area contributed by atoms with Gasteiger partial charge >= 0.3 is 5.97 Å². The first-order valence-electron chi connectivity index (χ1n) is 11.7. The quantitative estimate of drug-likeness (QED) is 0.358. The third-order valence-corrected chi connectivity index (χ3v) is 5.30. The maximum atomic E-state index is 12.3. The Hall–Kier alpha value is -4.13. The maximum absolute atomic E-state index is 12.3. The minimum atomic E-state index is -0.610. The van der Waals surface area contributed by atoms with Crippen LogP contribution in [0.2, 0.25) is 0 Å². The fourth-order valence-corrected chi connectivity index (χ4v) is 3.47. The van der Waals surface area contributed by atoms with E-state index in [1.165, 1.54) is 0 Å². The Bertz CT molecular complexity index is 1120. The molecule has 0 aliphatic rings. The minimum absolute atomic E-state index is 0.0542. The van der Waals surface area contributed by atoms with Gasteiger partial charge in [0.05, 0.1) is 6.42 Å². The number of ether oxygens (including phenoxy) is 2. The Kier molecular flexibility index (Phi) is 9.42. The van der Waals surface area contributed by atoms with Gasteiger partial charge in [0.2, 0.25) is 5.91 Å². The largest absolute Gasteiger partial charge is 0.457 e.